The number of carboxylic acids is 1. The van der Waals surface area contributed by atoms with Gasteiger partial charge in [0.15, 0.2) is 0 Å². The van der Waals surface area contributed by atoms with Crippen molar-refractivity contribution in [3.63, 3.8) is 0 Å². The zero-order valence-corrected chi connectivity index (χ0v) is 17.3. The van der Waals surface area contributed by atoms with Crippen LogP contribution in [0.2, 0.25) is 0 Å². The number of nitrogens with one attached hydrogen (secondary N) is 1. The van der Waals surface area contributed by atoms with E-state index in [0.717, 1.165) is 53.1 Å². The molecule has 0 radical (unpaired) electrons. The van der Waals surface area contributed by atoms with Crippen molar-refractivity contribution in [1.29, 1.82) is 0 Å². The number of nitrogens with zero attached hydrogens (tertiary/aromatic N) is 3. The molecule has 2 heterocycles. The van der Waals surface area contributed by atoms with Gasteiger partial charge in [-0.15, -0.1) is 5.10 Å². The molecule has 0 unspecified atom stereocenters. The zero-order chi connectivity index (χ0) is 20.3. The molecule has 0 saturated carbocycles. The van der Waals surface area contributed by atoms with Crippen LogP contribution >= 0.6 is 11.8 Å². The fourth-order valence-corrected chi connectivity index (χ4v) is 3.85. The molecular weight excluding hydrogens is 372 g/mol. The van der Waals surface area contributed by atoms with Crippen molar-refractivity contribution in [2.75, 3.05) is 0 Å². The third-order valence-corrected chi connectivity index (χ3v) is 5.29. The van der Waals surface area contributed by atoms with E-state index in [4.69, 9.17) is 0 Å². The summed E-state index contributed by atoms with van der Waals surface area (Å²) < 4.78 is 2.11. The molecule has 0 fully saturated rings. The van der Waals surface area contributed by atoms with Crippen LogP contribution < -0.4 is 5.11 Å². The number of carboxylic acid groups (broad SMARTS) is 1. The molecule has 7 heteroatoms. The van der Waals surface area contributed by atoms with Gasteiger partial charge < -0.3 is 14.5 Å². The molecule has 0 atom stereocenters. The summed E-state index contributed by atoms with van der Waals surface area (Å²) in [7, 11) is 0. The summed E-state index contributed by atoms with van der Waals surface area (Å²) in [4.78, 5) is 16.1. The number of benzene rings is 1. The van der Waals surface area contributed by atoms with E-state index >= 15 is 0 Å². The Kier molecular flexibility index (Phi) is 6.04. The maximum Gasteiger partial charge on any atom is 0.213 e. The first-order valence-electron chi connectivity index (χ1n) is 9.17. The molecule has 28 heavy (non-hydrogen) atoms. The van der Waals surface area contributed by atoms with Crippen molar-refractivity contribution >= 4 is 23.8 Å². The first-order chi connectivity index (χ1) is 13.4. The number of hydrogen-bond donors (Lipinski definition) is 1. The number of aryl methyl sites for hydroxylation is 3. The van der Waals surface area contributed by atoms with Gasteiger partial charge >= 0.3 is 0 Å². The van der Waals surface area contributed by atoms with Crippen molar-refractivity contribution in [2.24, 2.45) is 0 Å². The van der Waals surface area contributed by atoms with Gasteiger partial charge in [-0.1, -0.05) is 19.1 Å². The first-order valence-corrected chi connectivity index (χ1v) is 9.98. The highest BCUT2D eigenvalue weighted by atomic mass is 32.2. The lowest BCUT2D eigenvalue weighted by Crippen LogP contribution is -2.23. The van der Waals surface area contributed by atoms with Gasteiger partial charge in [-0.3, -0.25) is 5.10 Å². The van der Waals surface area contributed by atoms with Crippen LogP contribution in [0.15, 0.2) is 40.4 Å². The molecule has 0 aliphatic heterocycles. The maximum absolute atomic E-state index is 11.7. The minimum atomic E-state index is -1.24. The number of aromatic nitrogens is 4. The second kappa shape index (κ2) is 8.48. The molecule has 0 saturated heterocycles. The Bertz CT molecular complexity index is 1030. The van der Waals surface area contributed by atoms with Crippen LogP contribution in [-0.4, -0.2) is 25.7 Å². The fourth-order valence-electron chi connectivity index (χ4n) is 3.14. The second-order valence-corrected chi connectivity index (χ2v) is 7.72. The van der Waals surface area contributed by atoms with Crippen molar-refractivity contribution in [3.8, 4) is 5.69 Å². The van der Waals surface area contributed by atoms with Gasteiger partial charge in [-0.2, -0.15) is 0 Å². The molecule has 0 amide bonds. The van der Waals surface area contributed by atoms with Gasteiger partial charge in [0.25, 0.3) is 0 Å². The molecule has 1 aromatic carbocycles. The summed E-state index contributed by atoms with van der Waals surface area (Å²) in [6, 6.07) is 10.2. The van der Waals surface area contributed by atoms with Crippen LogP contribution in [0.5, 0.6) is 0 Å². The van der Waals surface area contributed by atoms with Crippen molar-refractivity contribution < 1.29 is 9.90 Å². The number of H-pyrrole nitrogens is 1. The maximum atomic E-state index is 11.7. The van der Waals surface area contributed by atoms with E-state index < -0.39 is 5.97 Å². The molecular formula is C21H23N4O2S-. The zero-order valence-electron chi connectivity index (χ0n) is 16.4. The van der Waals surface area contributed by atoms with Crippen LogP contribution in [0, 0.1) is 20.8 Å². The summed E-state index contributed by atoms with van der Waals surface area (Å²) in [6.07, 6.45) is 3.34. The van der Waals surface area contributed by atoms with E-state index in [-0.39, 0.29) is 4.91 Å². The van der Waals surface area contributed by atoms with Crippen LogP contribution in [0.3, 0.4) is 0 Å². The number of aromatic amines is 1. The second-order valence-electron chi connectivity index (χ2n) is 6.71. The molecule has 0 bridgehead atoms. The van der Waals surface area contributed by atoms with Crippen LogP contribution in [0.25, 0.3) is 11.8 Å². The molecule has 146 valence electrons. The Morgan fingerprint density at radius 1 is 1.29 bits per heavy atom. The largest absolute Gasteiger partial charge is 0.544 e. The van der Waals surface area contributed by atoms with E-state index in [1.807, 2.05) is 52.0 Å². The van der Waals surface area contributed by atoms with E-state index in [1.165, 1.54) is 5.56 Å². The SMILES string of the molecule is CCCc1nc(S/C(=C/c2cc(C)n(-c3cccc(C)c3)c2C)C(=O)[O-])n[nH]1. The van der Waals surface area contributed by atoms with E-state index in [0.29, 0.717) is 5.16 Å². The smallest absolute Gasteiger partial charge is 0.213 e. The Labute approximate surface area is 168 Å². The number of hydrogen-bond acceptors (Lipinski definition) is 5. The molecule has 6 nitrogen and oxygen atoms in total. The van der Waals surface area contributed by atoms with Gasteiger partial charge in [0.2, 0.25) is 5.16 Å². The van der Waals surface area contributed by atoms with Crippen LogP contribution in [-0.2, 0) is 11.2 Å². The summed E-state index contributed by atoms with van der Waals surface area (Å²) >= 11 is 0.997. The average Bonchev–Trinajstić information content (AvgIpc) is 3.18. The van der Waals surface area contributed by atoms with E-state index in [1.54, 1.807) is 6.08 Å². The van der Waals surface area contributed by atoms with Gasteiger partial charge in [0.1, 0.15) is 5.82 Å². The third-order valence-electron chi connectivity index (χ3n) is 4.42. The monoisotopic (exact) mass is 395 g/mol. The van der Waals surface area contributed by atoms with E-state index in [2.05, 4.69) is 25.8 Å². The van der Waals surface area contributed by atoms with Gasteiger partial charge in [-0.05, 0) is 74.4 Å². The Morgan fingerprint density at radius 2 is 2.07 bits per heavy atom. The predicted octanol–water partition coefficient (Wildman–Crippen LogP) is 3.36. The number of thioether (sulfide) groups is 1. The molecule has 2 aromatic heterocycles. The summed E-state index contributed by atoms with van der Waals surface area (Å²) in [5.74, 6) is -0.493. The first kappa shape index (κ1) is 19.9. The molecule has 3 aromatic rings. The number of aliphatic carboxylic acids is 1. The van der Waals surface area contributed by atoms with Crippen LogP contribution in [0.1, 0.15) is 41.7 Å². The number of carbonyl (C=O) groups is 1. The minimum Gasteiger partial charge on any atom is -0.544 e. The molecule has 0 aliphatic rings. The highest BCUT2D eigenvalue weighted by Crippen LogP contribution is 2.28. The Morgan fingerprint density at radius 3 is 2.75 bits per heavy atom. The molecule has 3 rings (SSSR count). The summed E-state index contributed by atoms with van der Waals surface area (Å²) in [5.41, 5.74) is 5.04. The fraction of sp³-hybridized carbons (Fsp3) is 0.286. The van der Waals surface area contributed by atoms with Crippen LogP contribution in [0.4, 0.5) is 0 Å². The van der Waals surface area contributed by atoms with Crippen molar-refractivity contribution in [3.05, 3.63) is 63.6 Å². The quantitative estimate of drug-likeness (QED) is 0.490. The predicted molar refractivity (Wildman–Crippen MR) is 109 cm³/mol. The molecule has 1 N–H and O–H groups in total. The lowest BCUT2D eigenvalue weighted by atomic mass is 10.2. The Hall–Kier alpha value is -2.80. The number of rotatable bonds is 7. The Balaban J connectivity index is 1.95. The minimum absolute atomic E-state index is 0.0755. The van der Waals surface area contributed by atoms with Crippen molar-refractivity contribution in [1.82, 2.24) is 19.7 Å². The summed E-state index contributed by atoms with van der Waals surface area (Å²) in [6.45, 7) is 8.08. The van der Waals surface area contributed by atoms with Gasteiger partial charge in [-0.25, -0.2) is 4.98 Å². The van der Waals surface area contributed by atoms with E-state index in [9.17, 15) is 9.90 Å². The molecule has 0 aliphatic carbocycles. The summed E-state index contributed by atoms with van der Waals surface area (Å²) in [5, 5.41) is 19.0. The highest BCUT2D eigenvalue weighted by Gasteiger charge is 2.13. The third kappa shape index (κ3) is 4.36. The molecule has 0 spiro atoms. The topological polar surface area (TPSA) is 86.6 Å². The lowest BCUT2D eigenvalue weighted by molar-refractivity contribution is -0.297. The standard InChI is InChI=1S/C21H24N4O2S/c1-5-7-19-22-21(24-23-19)28-18(20(26)27)12-16-11-14(3)25(15(16)4)17-9-6-8-13(2)10-17/h6,8-12H,5,7H2,1-4H3,(H,26,27)(H,22,23,24)/p-1/b18-12+. The normalized spacial score (nSPS) is 11.8. The highest BCUT2D eigenvalue weighted by molar-refractivity contribution is 8.04. The van der Waals surface area contributed by atoms with Crippen molar-refractivity contribution in [2.45, 2.75) is 45.7 Å². The van der Waals surface area contributed by atoms with Gasteiger partial charge in [0.05, 0.1) is 5.97 Å². The number of carbonyl (C=O) groups excluding carboxylic acids is 1. The average molecular weight is 396 g/mol. The van der Waals surface area contributed by atoms with Gasteiger partial charge in [0, 0.05) is 28.4 Å². The lowest BCUT2D eigenvalue weighted by Gasteiger charge is -2.11.